The van der Waals surface area contributed by atoms with Crippen molar-refractivity contribution >= 4 is 0 Å². The van der Waals surface area contributed by atoms with Crippen LogP contribution < -0.4 is 5.32 Å². The standard InChI is InChI=1S/C16H26N2O/c1-4-17-10-16-12-19-6-5-18(16)11-15-8-13(2)7-14(3)9-15/h7-9,16-17H,4-6,10-12H2,1-3H3. The Hall–Kier alpha value is -0.900. The van der Waals surface area contributed by atoms with Crippen molar-refractivity contribution in [1.82, 2.24) is 10.2 Å². The van der Waals surface area contributed by atoms with Crippen LogP contribution in [0, 0.1) is 13.8 Å². The molecule has 1 aromatic carbocycles. The van der Waals surface area contributed by atoms with Gasteiger partial charge in [-0.05, 0) is 26.0 Å². The molecule has 0 aromatic heterocycles. The predicted octanol–water partition coefficient (Wildman–Crippen LogP) is 2.11. The zero-order valence-corrected chi connectivity index (χ0v) is 12.4. The lowest BCUT2D eigenvalue weighted by Crippen LogP contribution is -2.49. The van der Waals surface area contributed by atoms with Crippen molar-refractivity contribution < 1.29 is 4.74 Å². The fraction of sp³-hybridized carbons (Fsp3) is 0.625. The molecule has 1 unspecified atom stereocenters. The van der Waals surface area contributed by atoms with E-state index in [2.05, 4.69) is 49.2 Å². The van der Waals surface area contributed by atoms with E-state index in [1.165, 1.54) is 16.7 Å². The summed E-state index contributed by atoms with van der Waals surface area (Å²) in [4.78, 5) is 2.54. The molecule has 3 heteroatoms. The third-order valence-corrected chi connectivity index (χ3v) is 3.65. The Balaban J connectivity index is 2.01. The van der Waals surface area contributed by atoms with Crippen LogP contribution in [0.2, 0.25) is 0 Å². The van der Waals surface area contributed by atoms with Crippen molar-refractivity contribution in [3.05, 3.63) is 34.9 Å². The molecule has 0 spiro atoms. The minimum absolute atomic E-state index is 0.495. The highest BCUT2D eigenvalue weighted by Gasteiger charge is 2.22. The first-order valence-electron chi connectivity index (χ1n) is 7.28. The second kappa shape index (κ2) is 7.04. The average molecular weight is 262 g/mol. The Bertz CT molecular complexity index is 385. The van der Waals surface area contributed by atoms with Crippen molar-refractivity contribution in [2.75, 3.05) is 32.8 Å². The Morgan fingerprint density at radius 1 is 1.26 bits per heavy atom. The lowest BCUT2D eigenvalue weighted by atomic mass is 10.1. The summed E-state index contributed by atoms with van der Waals surface area (Å²) in [7, 11) is 0. The van der Waals surface area contributed by atoms with E-state index in [0.29, 0.717) is 6.04 Å². The van der Waals surface area contributed by atoms with Crippen LogP contribution in [0.15, 0.2) is 18.2 Å². The van der Waals surface area contributed by atoms with E-state index in [-0.39, 0.29) is 0 Å². The van der Waals surface area contributed by atoms with Crippen molar-refractivity contribution in [3.8, 4) is 0 Å². The highest BCUT2D eigenvalue weighted by molar-refractivity contribution is 5.28. The summed E-state index contributed by atoms with van der Waals surface area (Å²) >= 11 is 0. The summed E-state index contributed by atoms with van der Waals surface area (Å²) in [6, 6.07) is 7.33. The van der Waals surface area contributed by atoms with Crippen LogP contribution in [0.1, 0.15) is 23.6 Å². The number of hydrogen-bond acceptors (Lipinski definition) is 3. The molecule has 106 valence electrons. The molecule has 0 aliphatic carbocycles. The molecule has 0 amide bonds. The van der Waals surface area contributed by atoms with E-state index in [1.54, 1.807) is 0 Å². The molecule has 1 aromatic rings. The van der Waals surface area contributed by atoms with Gasteiger partial charge in [-0.2, -0.15) is 0 Å². The molecular weight excluding hydrogens is 236 g/mol. The third-order valence-electron chi connectivity index (χ3n) is 3.65. The number of likely N-dealkylation sites (N-methyl/N-ethyl adjacent to an activating group) is 1. The van der Waals surface area contributed by atoms with Gasteiger partial charge in [-0.1, -0.05) is 36.2 Å². The molecule has 1 N–H and O–H groups in total. The van der Waals surface area contributed by atoms with Crippen LogP contribution in [0.25, 0.3) is 0 Å². The number of nitrogens with zero attached hydrogens (tertiary/aromatic N) is 1. The first-order valence-corrected chi connectivity index (χ1v) is 7.28. The van der Waals surface area contributed by atoms with Crippen molar-refractivity contribution in [2.24, 2.45) is 0 Å². The molecule has 1 fully saturated rings. The second-order valence-electron chi connectivity index (χ2n) is 5.50. The fourth-order valence-electron chi connectivity index (χ4n) is 2.79. The molecular formula is C16H26N2O. The first kappa shape index (κ1) is 14.5. The topological polar surface area (TPSA) is 24.5 Å². The Labute approximate surface area is 116 Å². The molecule has 1 saturated heterocycles. The maximum atomic E-state index is 5.61. The van der Waals surface area contributed by atoms with Gasteiger partial charge >= 0.3 is 0 Å². The normalized spacial score (nSPS) is 20.7. The monoisotopic (exact) mass is 262 g/mol. The molecule has 1 atom stereocenters. The number of benzene rings is 1. The van der Waals surface area contributed by atoms with Gasteiger partial charge in [-0.25, -0.2) is 0 Å². The first-order chi connectivity index (χ1) is 9.19. The van der Waals surface area contributed by atoms with E-state index in [1.807, 2.05) is 0 Å². The smallest absolute Gasteiger partial charge is 0.0635 e. The Kier molecular flexibility index (Phi) is 5.37. The van der Waals surface area contributed by atoms with E-state index < -0.39 is 0 Å². The van der Waals surface area contributed by atoms with Gasteiger partial charge in [0.05, 0.1) is 13.2 Å². The zero-order valence-electron chi connectivity index (χ0n) is 12.4. The minimum Gasteiger partial charge on any atom is -0.378 e. The van der Waals surface area contributed by atoms with E-state index in [0.717, 1.165) is 39.4 Å². The predicted molar refractivity (Wildman–Crippen MR) is 79.5 cm³/mol. The lowest BCUT2D eigenvalue weighted by Gasteiger charge is -2.35. The minimum atomic E-state index is 0.495. The molecule has 1 aliphatic rings. The van der Waals surface area contributed by atoms with Gasteiger partial charge in [0, 0.05) is 25.7 Å². The fourth-order valence-corrected chi connectivity index (χ4v) is 2.79. The maximum absolute atomic E-state index is 5.61. The van der Waals surface area contributed by atoms with Gasteiger partial charge in [0.15, 0.2) is 0 Å². The SMILES string of the molecule is CCNCC1COCCN1Cc1cc(C)cc(C)c1. The molecule has 3 nitrogen and oxygen atoms in total. The summed E-state index contributed by atoms with van der Waals surface area (Å²) in [5.74, 6) is 0. The number of rotatable bonds is 5. The van der Waals surface area contributed by atoms with Crippen LogP contribution in [0.4, 0.5) is 0 Å². The molecule has 0 saturated carbocycles. The van der Waals surface area contributed by atoms with Gasteiger partial charge in [-0.15, -0.1) is 0 Å². The van der Waals surface area contributed by atoms with Crippen LogP contribution in [-0.4, -0.2) is 43.8 Å². The summed E-state index contributed by atoms with van der Waals surface area (Å²) in [6.07, 6.45) is 0. The molecule has 0 bridgehead atoms. The highest BCUT2D eigenvalue weighted by Crippen LogP contribution is 2.15. The molecule has 0 radical (unpaired) electrons. The van der Waals surface area contributed by atoms with Crippen molar-refractivity contribution in [3.63, 3.8) is 0 Å². The summed E-state index contributed by atoms with van der Waals surface area (Å²) < 4.78 is 5.61. The summed E-state index contributed by atoms with van der Waals surface area (Å²) in [5, 5.41) is 3.43. The maximum Gasteiger partial charge on any atom is 0.0635 e. The lowest BCUT2D eigenvalue weighted by molar-refractivity contribution is -0.0107. The molecule has 2 rings (SSSR count). The summed E-state index contributed by atoms with van der Waals surface area (Å²) in [6.45, 7) is 12.3. The number of hydrogen-bond donors (Lipinski definition) is 1. The number of ether oxygens (including phenoxy) is 1. The van der Waals surface area contributed by atoms with Gasteiger partial charge in [0.25, 0.3) is 0 Å². The molecule has 1 heterocycles. The van der Waals surface area contributed by atoms with Crippen molar-refractivity contribution in [1.29, 1.82) is 0 Å². The van der Waals surface area contributed by atoms with Crippen LogP contribution in [0.3, 0.4) is 0 Å². The molecule has 1 aliphatic heterocycles. The second-order valence-corrected chi connectivity index (χ2v) is 5.50. The average Bonchev–Trinajstić information content (AvgIpc) is 2.36. The Morgan fingerprint density at radius 3 is 2.68 bits per heavy atom. The van der Waals surface area contributed by atoms with Gasteiger partial charge in [0.1, 0.15) is 0 Å². The Morgan fingerprint density at radius 2 is 2.00 bits per heavy atom. The van der Waals surface area contributed by atoms with E-state index in [9.17, 15) is 0 Å². The number of aryl methyl sites for hydroxylation is 2. The van der Waals surface area contributed by atoms with Gasteiger partial charge in [-0.3, -0.25) is 4.90 Å². The van der Waals surface area contributed by atoms with Crippen molar-refractivity contribution in [2.45, 2.75) is 33.4 Å². The van der Waals surface area contributed by atoms with Crippen LogP contribution in [0.5, 0.6) is 0 Å². The van der Waals surface area contributed by atoms with Gasteiger partial charge in [0.2, 0.25) is 0 Å². The van der Waals surface area contributed by atoms with E-state index in [4.69, 9.17) is 4.74 Å². The quantitative estimate of drug-likeness (QED) is 0.879. The molecule has 19 heavy (non-hydrogen) atoms. The third kappa shape index (κ3) is 4.30. The van der Waals surface area contributed by atoms with Gasteiger partial charge < -0.3 is 10.1 Å². The van der Waals surface area contributed by atoms with E-state index >= 15 is 0 Å². The number of morpholine rings is 1. The highest BCUT2D eigenvalue weighted by atomic mass is 16.5. The summed E-state index contributed by atoms with van der Waals surface area (Å²) in [5.41, 5.74) is 4.12. The number of nitrogens with one attached hydrogen (secondary N) is 1. The zero-order chi connectivity index (χ0) is 13.7. The largest absolute Gasteiger partial charge is 0.378 e. The van der Waals surface area contributed by atoms with Crippen LogP contribution in [-0.2, 0) is 11.3 Å². The van der Waals surface area contributed by atoms with Crippen LogP contribution >= 0.6 is 0 Å².